The van der Waals surface area contributed by atoms with Gasteiger partial charge in [-0.2, -0.15) is 0 Å². The molecule has 142 valence electrons. The van der Waals surface area contributed by atoms with Crippen molar-refractivity contribution < 1.29 is 15.5 Å². The molecule has 0 aromatic carbocycles. The van der Waals surface area contributed by atoms with Gasteiger partial charge in [0.1, 0.15) is 5.71 Å². The van der Waals surface area contributed by atoms with E-state index < -0.39 is 0 Å². The molecular weight excluding hydrogens is 328 g/mol. The Kier molecular flexibility index (Phi) is 4.07. The molecule has 0 heterocycles. The van der Waals surface area contributed by atoms with E-state index in [1.807, 2.05) is 19.1 Å². The van der Waals surface area contributed by atoms with Crippen molar-refractivity contribution in [1.82, 2.24) is 0 Å². The minimum atomic E-state index is -0.376. The largest absolute Gasteiger partial charge is 0.411 e. The highest BCUT2D eigenvalue weighted by atomic mass is 16.4. The summed E-state index contributed by atoms with van der Waals surface area (Å²) in [4.78, 5) is 0. The highest BCUT2D eigenvalue weighted by Gasteiger charge is 2.61. The van der Waals surface area contributed by atoms with Crippen molar-refractivity contribution in [3.05, 3.63) is 23.8 Å². The average Bonchev–Trinajstić information content (AvgIpc) is 2.96. The van der Waals surface area contributed by atoms with Gasteiger partial charge < -0.3 is 15.5 Å². The molecule has 7 atom stereocenters. The van der Waals surface area contributed by atoms with Crippen LogP contribution in [0.4, 0.5) is 0 Å². The Morgan fingerprint density at radius 3 is 2.65 bits per heavy atom. The number of allylic oxidation sites excluding steroid dienone is 4. The van der Waals surface area contributed by atoms with Gasteiger partial charge >= 0.3 is 0 Å². The Morgan fingerprint density at radius 1 is 1.19 bits per heavy atom. The summed E-state index contributed by atoms with van der Waals surface area (Å²) in [6.07, 6.45) is 10.6. The second-order valence-corrected chi connectivity index (χ2v) is 9.29. The number of hydrogen-bond donors (Lipinski definition) is 3. The second kappa shape index (κ2) is 5.95. The lowest BCUT2D eigenvalue weighted by molar-refractivity contribution is -0.109. The summed E-state index contributed by atoms with van der Waals surface area (Å²) in [7, 11) is 0. The molecule has 3 N–H and O–H groups in total. The Bertz CT molecular complexity index is 725. The van der Waals surface area contributed by atoms with E-state index in [1.165, 1.54) is 5.57 Å². The number of fused-ring (bicyclic) bond motifs is 5. The van der Waals surface area contributed by atoms with Crippen LogP contribution in [0.15, 0.2) is 34.1 Å². The Balaban J connectivity index is 1.72. The van der Waals surface area contributed by atoms with Crippen molar-refractivity contribution >= 4 is 11.4 Å². The third kappa shape index (κ3) is 2.25. The van der Waals surface area contributed by atoms with Crippen molar-refractivity contribution in [1.29, 1.82) is 0 Å². The van der Waals surface area contributed by atoms with Crippen LogP contribution >= 0.6 is 0 Å². The van der Waals surface area contributed by atoms with Crippen molar-refractivity contribution in [3.8, 4) is 0 Å². The van der Waals surface area contributed by atoms with Crippen LogP contribution in [0.1, 0.15) is 52.9 Å². The number of rotatable bonds is 1. The van der Waals surface area contributed by atoms with Crippen LogP contribution in [0.3, 0.4) is 0 Å². The summed E-state index contributed by atoms with van der Waals surface area (Å²) < 4.78 is 0. The van der Waals surface area contributed by atoms with E-state index in [0.29, 0.717) is 17.5 Å². The first-order chi connectivity index (χ1) is 12.3. The predicted octanol–water partition coefficient (Wildman–Crippen LogP) is 3.99. The van der Waals surface area contributed by atoms with Crippen LogP contribution in [0.5, 0.6) is 0 Å². The molecule has 5 nitrogen and oxygen atoms in total. The first kappa shape index (κ1) is 17.8. The quantitative estimate of drug-likeness (QED) is 0.376. The van der Waals surface area contributed by atoms with Gasteiger partial charge in [0.2, 0.25) is 0 Å². The number of oxime groups is 2. The zero-order valence-corrected chi connectivity index (χ0v) is 15.9. The summed E-state index contributed by atoms with van der Waals surface area (Å²) >= 11 is 0. The highest BCUT2D eigenvalue weighted by Crippen LogP contribution is 2.66. The van der Waals surface area contributed by atoms with Crippen molar-refractivity contribution in [2.24, 2.45) is 44.8 Å². The lowest BCUT2D eigenvalue weighted by Gasteiger charge is -2.58. The molecular formula is C21H30N2O3. The average molecular weight is 358 g/mol. The molecule has 4 aliphatic carbocycles. The molecule has 0 radical (unpaired) electrons. The molecule has 7 unspecified atom stereocenters. The highest BCUT2D eigenvalue weighted by molar-refractivity contribution is 6.05. The monoisotopic (exact) mass is 358 g/mol. The molecule has 0 aromatic rings. The van der Waals surface area contributed by atoms with E-state index in [-0.39, 0.29) is 28.8 Å². The first-order valence-electron chi connectivity index (χ1n) is 9.84. The van der Waals surface area contributed by atoms with Crippen LogP contribution in [-0.4, -0.2) is 33.0 Å². The normalized spacial score (nSPS) is 49.4. The zero-order valence-electron chi connectivity index (χ0n) is 15.9. The van der Waals surface area contributed by atoms with Crippen molar-refractivity contribution in [2.75, 3.05) is 0 Å². The van der Waals surface area contributed by atoms with Gasteiger partial charge in [-0.15, -0.1) is 0 Å². The lowest BCUT2D eigenvalue weighted by atomic mass is 9.46. The third-order valence-corrected chi connectivity index (χ3v) is 8.28. The van der Waals surface area contributed by atoms with E-state index in [9.17, 15) is 10.3 Å². The number of nitrogens with zero attached hydrogens (tertiary/aromatic N) is 2. The minimum Gasteiger partial charge on any atom is -0.411 e. The molecule has 5 heteroatoms. The number of aliphatic hydroxyl groups is 1. The van der Waals surface area contributed by atoms with Crippen LogP contribution in [0, 0.1) is 34.5 Å². The summed E-state index contributed by atoms with van der Waals surface area (Å²) in [6.45, 7) is 6.45. The van der Waals surface area contributed by atoms with Gasteiger partial charge in [-0.3, -0.25) is 0 Å². The molecule has 0 aliphatic heterocycles. The molecule has 26 heavy (non-hydrogen) atoms. The molecule has 4 aliphatic rings. The maximum atomic E-state index is 11.3. The Labute approximate surface area is 155 Å². The molecule has 0 aromatic heterocycles. The van der Waals surface area contributed by atoms with E-state index in [4.69, 9.17) is 5.21 Å². The molecule has 3 fully saturated rings. The number of hydrogen-bond acceptors (Lipinski definition) is 5. The van der Waals surface area contributed by atoms with Gasteiger partial charge in [0, 0.05) is 17.3 Å². The van der Waals surface area contributed by atoms with Gasteiger partial charge in [-0.25, -0.2) is 0 Å². The second-order valence-electron chi connectivity index (χ2n) is 9.29. The maximum absolute atomic E-state index is 11.3. The van der Waals surface area contributed by atoms with E-state index in [1.54, 1.807) is 0 Å². The molecule has 0 bridgehead atoms. The lowest BCUT2D eigenvalue weighted by Crippen LogP contribution is -2.56. The first-order valence-corrected chi connectivity index (χ1v) is 9.84. The predicted molar refractivity (Wildman–Crippen MR) is 101 cm³/mol. The van der Waals surface area contributed by atoms with Gasteiger partial charge in [0.15, 0.2) is 0 Å². The molecule has 4 rings (SSSR count). The van der Waals surface area contributed by atoms with E-state index in [0.717, 1.165) is 37.8 Å². The maximum Gasteiger partial charge on any atom is 0.102 e. The summed E-state index contributed by atoms with van der Waals surface area (Å²) in [5.41, 5.74) is 2.52. The molecule has 3 saturated carbocycles. The minimum absolute atomic E-state index is 0.00454. The van der Waals surface area contributed by atoms with E-state index in [2.05, 4.69) is 30.2 Å². The summed E-state index contributed by atoms with van der Waals surface area (Å²) in [5.74, 6) is 1.48. The van der Waals surface area contributed by atoms with Crippen LogP contribution in [0.2, 0.25) is 0 Å². The molecule has 0 spiro atoms. The third-order valence-electron chi connectivity index (χ3n) is 8.28. The summed E-state index contributed by atoms with van der Waals surface area (Å²) in [6, 6.07) is 0. The number of aliphatic hydroxyl groups excluding tert-OH is 1. The standard InChI is InChI=1S/C21H30N2O3/c1-12(22-25)16-6-7-17-15-5-4-13-10-14(23-26)8-9-20(13,2)19(15)18(24)11-21(16,17)3/h8-10,15-19,24-26H,4-7,11H2,1-3H3/b22-12+,23-14+. The fraction of sp³-hybridized carbons (Fsp3) is 0.714. The SMILES string of the molecule is C/C(=N\O)C1CCC2C3CCC4=C/C(=N/O)C=CC4(C)C3C(O)CC12C. The summed E-state index contributed by atoms with van der Waals surface area (Å²) in [5, 5.41) is 36.6. The topological polar surface area (TPSA) is 85.4 Å². The van der Waals surface area contributed by atoms with Gasteiger partial charge in [0.25, 0.3) is 0 Å². The van der Waals surface area contributed by atoms with Crippen LogP contribution in [0.25, 0.3) is 0 Å². The van der Waals surface area contributed by atoms with Gasteiger partial charge in [-0.1, -0.05) is 35.8 Å². The zero-order chi connectivity index (χ0) is 18.7. The molecule has 0 amide bonds. The van der Waals surface area contributed by atoms with Gasteiger partial charge in [0.05, 0.1) is 11.8 Å². The Hall–Kier alpha value is -1.62. The van der Waals surface area contributed by atoms with Crippen LogP contribution < -0.4 is 0 Å². The Morgan fingerprint density at radius 2 is 1.96 bits per heavy atom. The van der Waals surface area contributed by atoms with E-state index >= 15 is 0 Å². The fourth-order valence-corrected chi connectivity index (χ4v) is 7.15. The van der Waals surface area contributed by atoms with Crippen molar-refractivity contribution in [3.63, 3.8) is 0 Å². The smallest absolute Gasteiger partial charge is 0.102 e. The van der Waals surface area contributed by atoms with Crippen molar-refractivity contribution in [2.45, 2.75) is 59.0 Å². The fourth-order valence-electron chi connectivity index (χ4n) is 7.15. The van der Waals surface area contributed by atoms with Crippen LogP contribution in [-0.2, 0) is 0 Å². The molecule has 0 saturated heterocycles. The van der Waals surface area contributed by atoms with Gasteiger partial charge in [-0.05, 0) is 68.4 Å².